The third-order valence-corrected chi connectivity index (χ3v) is 4.53. The minimum absolute atomic E-state index is 0.131. The fourth-order valence-corrected chi connectivity index (χ4v) is 3.36. The molecule has 0 aliphatic heterocycles. The lowest BCUT2D eigenvalue weighted by Crippen LogP contribution is -2.43. The van der Waals surface area contributed by atoms with Crippen LogP contribution in [0, 0.1) is 23.2 Å². The van der Waals surface area contributed by atoms with E-state index in [0.717, 1.165) is 25.7 Å². The molecule has 1 N–H and O–H groups in total. The standard InChI is InChI=1S/C15H24N2O/c16-11-14(12-7-3-1-4-8-12)17-15(18)13-9-5-2-6-10-13/h12-14H,1-10H2,(H,17,18). The first kappa shape index (κ1) is 13.4. The van der Waals surface area contributed by atoms with Crippen LogP contribution in [0.25, 0.3) is 0 Å². The van der Waals surface area contributed by atoms with Gasteiger partial charge in [0.2, 0.25) is 5.91 Å². The summed E-state index contributed by atoms with van der Waals surface area (Å²) < 4.78 is 0. The Bertz CT molecular complexity index is 309. The van der Waals surface area contributed by atoms with E-state index in [4.69, 9.17) is 0 Å². The maximum absolute atomic E-state index is 12.1. The molecule has 18 heavy (non-hydrogen) atoms. The number of carbonyl (C=O) groups excluding carboxylic acids is 1. The van der Waals surface area contributed by atoms with Gasteiger partial charge in [-0.3, -0.25) is 4.79 Å². The molecule has 0 spiro atoms. The molecule has 0 aromatic carbocycles. The largest absolute Gasteiger partial charge is 0.340 e. The molecule has 100 valence electrons. The van der Waals surface area contributed by atoms with Gasteiger partial charge in [0.1, 0.15) is 6.04 Å². The van der Waals surface area contributed by atoms with Crippen LogP contribution in [0.5, 0.6) is 0 Å². The summed E-state index contributed by atoms with van der Waals surface area (Å²) in [5, 5.41) is 12.3. The van der Waals surface area contributed by atoms with E-state index >= 15 is 0 Å². The molecular weight excluding hydrogens is 224 g/mol. The number of hydrogen-bond donors (Lipinski definition) is 1. The molecule has 2 rings (SSSR count). The molecule has 0 saturated heterocycles. The van der Waals surface area contributed by atoms with Crippen molar-refractivity contribution in [2.45, 2.75) is 70.3 Å². The van der Waals surface area contributed by atoms with Crippen LogP contribution in [0.4, 0.5) is 0 Å². The molecule has 0 aromatic heterocycles. The first-order valence-electron chi connectivity index (χ1n) is 7.51. The second-order valence-electron chi connectivity index (χ2n) is 5.85. The summed E-state index contributed by atoms with van der Waals surface area (Å²) in [6, 6.07) is 2.06. The molecule has 2 aliphatic rings. The van der Waals surface area contributed by atoms with E-state index in [2.05, 4.69) is 11.4 Å². The summed E-state index contributed by atoms with van der Waals surface area (Å²) in [7, 11) is 0. The zero-order chi connectivity index (χ0) is 12.8. The summed E-state index contributed by atoms with van der Waals surface area (Å²) in [5.41, 5.74) is 0. The van der Waals surface area contributed by atoms with Crippen molar-refractivity contribution in [3.8, 4) is 6.07 Å². The van der Waals surface area contributed by atoms with Crippen molar-refractivity contribution in [1.82, 2.24) is 5.32 Å². The molecule has 1 unspecified atom stereocenters. The first-order chi connectivity index (χ1) is 8.81. The molecule has 3 nitrogen and oxygen atoms in total. The number of nitrogens with one attached hydrogen (secondary N) is 1. The predicted molar refractivity (Wildman–Crippen MR) is 70.7 cm³/mol. The molecule has 0 heterocycles. The van der Waals surface area contributed by atoms with Gasteiger partial charge in [-0.2, -0.15) is 5.26 Å². The van der Waals surface area contributed by atoms with E-state index in [1.165, 1.54) is 38.5 Å². The maximum Gasteiger partial charge on any atom is 0.224 e. The van der Waals surface area contributed by atoms with Crippen molar-refractivity contribution in [1.29, 1.82) is 5.26 Å². The van der Waals surface area contributed by atoms with E-state index < -0.39 is 0 Å². The SMILES string of the molecule is N#CC(NC(=O)C1CCCCC1)C1CCCCC1. The normalized spacial score (nSPS) is 24.2. The van der Waals surface area contributed by atoms with Crippen LogP contribution in [0.2, 0.25) is 0 Å². The molecule has 1 amide bonds. The van der Waals surface area contributed by atoms with Crippen LogP contribution in [0.1, 0.15) is 64.2 Å². The number of amides is 1. The maximum atomic E-state index is 12.1. The smallest absolute Gasteiger partial charge is 0.224 e. The molecule has 1 atom stereocenters. The van der Waals surface area contributed by atoms with Crippen LogP contribution in [0.3, 0.4) is 0 Å². The Morgan fingerprint density at radius 1 is 1.00 bits per heavy atom. The minimum atomic E-state index is -0.250. The summed E-state index contributed by atoms with van der Waals surface area (Å²) >= 11 is 0. The Morgan fingerprint density at radius 2 is 1.56 bits per heavy atom. The zero-order valence-electron chi connectivity index (χ0n) is 11.2. The molecular formula is C15H24N2O. The first-order valence-corrected chi connectivity index (χ1v) is 7.51. The van der Waals surface area contributed by atoms with Crippen molar-refractivity contribution in [3.05, 3.63) is 0 Å². The molecule has 3 heteroatoms. The Balaban J connectivity index is 1.85. The monoisotopic (exact) mass is 248 g/mol. The number of nitrogens with zero attached hydrogens (tertiary/aromatic N) is 1. The quantitative estimate of drug-likeness (QED) is 0.834. The molecule has 0 radical (unpaired) electrons. The molecule has 2 fully saturated rings. The molecule has 2 aliphatic carbocycles. The second kappa shape index (κ2) is 6.78. The van der Waals surface area contributed by atoms with Crippen LogP contribution >= 0.6 is 0 Å². The second-order valence-corrected chi connectivity index (χ2v) is 5.85. The van der Waals surface area contributed by atoms with Gasteiger partial charge >= 0.3 is 0 Å². The van der Waals surface area contributed by atoms with Crippen molar-refractivity contribution in [2.24, 2.45) is 11.8 Å². The Labute approximate surface area is 110 Å². The number of nitriles is 1. The zero-order valence-corrected chi connectivity index (χ0v) is 11.2. The van der Waals surface area contributed by atoms with Crippen LogP contribution in [0.15, 0.2) is 0 Å². The Morgan fingerprint density at radius 3 is 2.11 bits per heavy atom. The highest BCUT2D eigenvalue weighted by Crippen LogP contribution is 2.28. The lowest BCUT2D eigenvalue weighted by molar-refractivity contribution is -0.126. The third-order valence-electron chi connectivity index (χ3n) is 4.53. The average molecular weight is 248 g/mol. The van der Waals surface area contributed by atoms with Crippen LogP contribution < -0.4 is 5.32 Å². The van der Waals surface area contributed by atoms with E-state index in [1.807, 2.05) is 0 Å². The van der Waals surface area contributed by atoms with Crippen molar-refractivity contribution >= 4 is 5.91 Å². The van der Waals surface area contributed by atoms with Gasteiger partial charge in [-0.1, -0.05) is 38.5 Å². The van der Waals surface area contributed by atoms with E-state index in [9.17, 15) is 10.1 Å². The molecule has 0 bridgehead atoms. The molecule has 2 saturated carbocycles. The van der Waals surface area contributed by atoms with Crippen molar-refractivity contribution in [3.63, 3.8) is 0 Å². The molecule has 0 aromatic rings. The summed E-state index contributed by atoms with van der Waals surface area (Å²) in [5.74, 6) is 0.682. The summed E-state index contributed by atoms with van der Waals surface area (Å²) in [4.78, 5) is 12.1. The van der Waals surface area contributed by atoms with E-state index in [-0.39, 0.29) is 17.9 Å². The van der Waals surface area contributed by atoms with Crippen molar-refractivity contribution in [2.75, 3.05) is 0 Å². The van der Waals surface area contributed by atoms with Gasteiger partial charge in [-0.05, 0) is 31.6 Å². The number of hydrogen-bond acceptors (Lipinski definition) is 2. The Kier molecular flexibility index (Phi) is 5.04. The van der Waals surface area contributed by atoms with Crippen LogP contribution in [-0.2, 0) is 4.79 Å². The fraction of sp³-hybridized carbons (Fsp3) is 0.867. The van der Waals surface area contributed by atoms with Gasteiger partial charge in [0.25, 0.3) is 0 Å². The third kappa shape index (κ3) is 3.48. The Hall–Kier alpha value is -1.04. The van der Waals surface area contributed by atoms with Gasteiger partial charge < -0.3 is 5.32 Å². The fourth-order valence-electron chi connectivity index (χ4n) is 3.36. The number of rotatable bonds is 3. The summed E-state index contributed by atoms with van der Waals surface area (Å²) in [6.07, 6.45) is 11.5. The van der Waals surface area contributed by atoms with Gasteiger partial charge in [0.15, 0.2) is 0 Å². The number of carbonyl (C=O) groups is 1. The lowest BCUT2D eigenvalue weighted by atomic mass is 9.83. The van der Waals surface area contributed by atoms with Gasteiger partial charge in [-0.25, -0.2) is 0 Å². The lowest BCUT2D eigenvalue weighted by Gasteiger charge is -2.28. The minimum Gasteiger partial charge on any atom is -0.340 e. The van der Waals surface area contributed by atoms with Gasteiger partial charge in [0, 0.05) is 5.92 Å². The average Bonchev–Trinajstić information content (AvgIpc) is 2.46. The predicted octanol–water partition coefficient (Wildman–Crippen LogP) is 3.16. The van der Waals surface area contributed by atoms with Crippen LogP contribution in [-0.4, -0.2) is 11.9 Å². The highest BCUT2D eigenvalue weighted by Gasteiger charge is 2.28. The van der Waals surface area contributed by atoms with Crippen molar-refractivity contribution < 1.29 is 4.79 Å². The highest BCUT2D eigenvalue weighted by molar-refractivity contribution is 5.79. The topological polar surface area (TPSA) is 52.9 Å². The summed E-state index contributed by atoms with van der Waals surface area (Å²) in [6.45, 7) is 0. The highest BCUT2D eigenvalue weighted by atomic mass is 16.1. The van der Waals surface area contributed by atoms with Gasteiger partial charge in [-0.15, -0.1) is 0 Å². The van der Waals surface area contributed by atoms with E-state index in [1.54, 1.807) is 0 Å². The van der Waals surface area contributed by atoms with E-state index in [0.29, 0.717) is 5.92 Å². The van der Waals surface area contributed by atoms with Gasteiger partial charge in [0.05, 0.1) is 6.07 Å².